The second-order valence-corrected chi connectivity index (χ2v) is 11.8. The van der Waals surface area contributed by atoms with Gasteiger partial charge in [-0.2, -0.15) is 0 Å². The minimum Gasteiger partial charge on any atom is -0.346 e. The second kappa shape index (κ2) is 9.13. The molecular formula is C28H42N2O4. The summed E-state index contributed by atoms with van der Waals surface area (Å²) in [5.41, 5.74) is 0.971. The monoisotopic (exact) mass is 470 g/mol. The van der Waals surface area contributed by atoms with E-state index < -0.39 is 11.4 Å². The Morgan fingerprint density at radius 2 is 1.68 bits per heavy atom. The Labute approximate surface area is 204 Å². The van der Waals surface area contributed by atoms with Crippen LogP contribution in [0, 0.1) is 23.7 Å². The predicted octanol–water partition coefficient (Wildman–Crippen LogP) is 4.44. The third-order valence-electron chi connectivity index (χ3n) is 9.74. The molecule has 8 atom stereocenters. The fourth-order valence-corrected chi connectivity index (χ4v) is 7.63. The van der Waals surface area contributed by atoms with Gasteiger partial charge in [0.1, 0.15) is 0 Å². The number of piperazine rings is 1. The van der Waals surface area contributed by atoms with Gasteiger partial charge in [0.15, 0.2) is 11.9 Å². The van der Waals surface area contributed by atoms with Crippen LogP contribution >= 0.6 is 0 Å². The molecule has 1 spiro atoms. The summed E-state index contributed by atoms with van der Waals surface area (Å²) < 4.78 is 13.3. The lowest BCUT2D eigenvalue weighted by molar-refractivity contribution is -0.571. The highest BCUT2D eigenvalue weighted by molar-refractivity contribution is 5.14. The lowest BCUT2D eigenvalue weighted by Crippen LogP contribution is -2.70. The lowest BCUT2D eigenvalue weighted by Gasteiger charge is -2.60. The van der Waals surface area contributed by atoms with Crippen LogP contribution in [0.4, 0.5) is 0 Å². The van der Waals surface area contributed by atoms with E-state index in [1.54, 1.807) is 0 Å². The van der Waals surface area contributed by atoms with Crippen molar-refractivity contribution in [3.63, 3.8) is 0 Å². The van der Waals surface area contributed by atoms with Gasteiger partial charge in [0.2, 0.25) is 5.79 Å². The zero-order chi connectivity index (χ0) is 23.3. The highest BCUT2D eigenvalue weighted by Crippen LogP contribution is 2.60. The maximum Gasteiger partial charge on any atom is 0.201 e. The Balaban J connectivity index is 1.08. The summed E-state index contributed by atoms with van der Waals surface area (Å²) in [6.07, 6.45) is 5.38. The van der Waals surface area contributed by atoms with Crippen molar-refractivity contribution in [1.29, 1.82) is 0 Å². The molecule has 6 nitrogen and oxygen atoms in total. The van der Waals surface area contributed by atoms with Crippen molar-refractivity contribution >= 4 is 0 Å². The Hall–Kier alpha value is -1.02. The van der Waals surface area contributed by atoms with E-state index in [1.165, 1.54) is 18.4 Å². The van der Waals surface area contributed by atoms with Crippen LogP contribution in [0.15, 0.2) is 30.3 Å². The number of ether oxygens (including phenoxy) is 2. The molecule has 7 rings (SSSR count). The summed E-state index contributed by atoms with van der Waals surface area (Å²) in [5, 5.41) is 0. The Kier molecular flexibility index (Phi) is 6.28. The SMILES string of the molecule is C[C@H]1[C@@H](CCN2CCN(Cc3ccccc3)CC2)O[C@@H]2O[C@]3(C)CC[C@H]4[C@H](C)CC[C@@H]1[C@@]24OO3. The third-order valence-corrected chi connectivity index (χ3v) is 9.74. The van der Waals surface area contributed by atoms with Crippen molar-refractivity contribution in [3.8, 4) is 0 Å². The van der Waals surface area contributed by atoms with Crippen LogP contribution in [-0.2, 0) is 25.8 Å². The van der Waals surface area contributed by atoms with Crippen LogP contribution in [0.25, 0.3) is 0 Å². The normalized spacial score (nSPS) is 45.0. The zero-order valence-corrected chi connectivity index (χ0v) is 21.2. The minimum absolute atomic E-state index is 0.212. The molecule has 0 N–H and O–H groups in total. The van der Waals surface area contributed by atoms with E-state index in [0.29, 0.717) is 23.7 Å². The predicted molar refractivity (Wildman–Crippen MR) is 130 cm³/mol. The lowest BCUT2D eigenvalue weighted by atomic mass is 9.57. The first kappa shape index (κ1) is 23.4. The molecule has 0 unspecified atom stereocenters. The largest absolute Gasteiger partial charge is 0.346 e. The van der Waals surface area contributed by atoms with Gasteiger partial charge in [-0.25, -0.2) is 9.78 Å². The molecule has 1 aliphatic carbocycles. The maximum atomic E-state index is 6.78. The summed E-state index contributed by atoms with van der Waals surface area (Å²) in [6.45, 7) is 13.5. The van der Waals surface area contributed by atoms with E-state index in [4.69, 9.17) is 19.2 Å². The van der Waals surface area contributed by atoms with E-state index in [1.807, 2.05) is 6.92 Å². The number of rotatable bonds is 5. The maximum absolute atomic E-state index is 6.78. The Bertz CT molecular complexity index is 846. The van der Waals surface area contributed by atoms with E-state index >= 15 is 0 Å². The first-order valence-corrected chi connectivity index (χ1v) is 13.7. The summed E-state index contributed by atoms with van der Waals surface area (Å²) in [7, 11) is 0. The molecule has 188 valence electrons. The Morgan fingerprint density at radius 1 is 0.912 bits per heavy atom. The minimum atomic E-state index is -0.683. The van der Waals surface area contributed by atoms with Crippen LogP contribution in [0.3, 0.4) is 0 Å². The molecule has 2 bridgehead atoms. The topological polar surface area (TPSA) is 43.4 Å². The summed E-state index contributed by atoms with van der Waals surface area (Å²) >= 11 is 0. The molecule has 5 heterocycles. The standard InChI is InChI=1S/C28H42N2O4/c1-20-9-10-24-21(2)25(31-26-28(24)23(20)11-13-27(3,32-26)33-34-28)12-14-29-15-17-30(18-16-29)19-22-7-5-4-6-8-22/h4-8,20-21,23-26H,9-19H2,1-3H3/t20-,21-,23+,24+,25-,26-,27+,28-/m1/s1. The van der Waals surface area contributed by atoms with Gasteiger partial charge in [-0.3, -0.25) is 4.90 Å². The number of fused-ring (bicyclic) bond motifs is 2. The van der Waals surface area contributed by atoms with Crippen molar-refractivity contribution in [1.82, 2.24) is 9.80 Å². The van der Waals surface area contributed by atoms with Gasteiger partial charge >= 0.3 is 0 Å². The van der Waals surface area contributed by atoms with Gasteiger partial charge < -0.3 is 14.4 Å². The number of benzene rings is 1. The quantitative estimate of drug-likeness (QED) is 0.593. The van der Waals surface area contributed by atoms with Crippen LogP contribution in [0.5, 0.6) is 0 Å². The molecule has 6 heteroatoms. The summed E-state index contributed by atoms with van der Waals surface area (Å²) in [4.78, 5) is 17.4. The first-order chi connectivity index (χ1) is 16.5. The highest BCUT2D eigenvalue weighted by atomic mass is 17.3. The highest BCUT2D eigenvalue weighted by Gasteiger charge is 2.69. The summed E-state index contributed by atoms with van der Waals surface area (Å²) in [6, 6.07) is 10.8. The fraction of sp³-hybridized carbons (Fsp3) is 0.786. The van der Waals surface area contributed by atoms with Gasteiger partial charge in [0, 0.05) is 51.6 Å². The molecule has 5 aliphatic heterocycles. The second-order valence-electron chi connectivity index (χ2n) is 11.8. The molecule has 1 aromatic carbocycles. The molecule has 0 aromatic heterocycles. The van der Waals surface area contributed by atoms with Crippen molar-refractivity contribution in [2.45, 2.75) is 83.2 Å². The van der Waals surface area contributed by atoms with Crippen LogP contribution in [-0.4, -0.2) is 66.3 Å². The molecule has 6 aliphatic rings. The van der Waals surface area contributed by atoms with E-state index in [0.717, 1.165) is 58.5 Å². The van der Waals surface area contributed by atoms with Crippen LogP contribution in [0.2, 0.25) is 0 Å². The molecule has 5 saturated heterocycles. The van der Waals surface area contributed by atoms with Crippen LogP contribution in [0.1, 0.15) is 58.4 Å². The van der Waals surface area contributed by atoms with E-state index in [2.05, 4.69) is 54.0 Å². The van der Waals surface area contributed by atoms with Crippen LogP contribution < -0.4 is 0 Å². The molecule has 0 amide bonds. The Morgan fingerprint density at radius 3 is 2.47 bits per heavy atom. The van der Waals surface area contributed by atoms with Crippen molar-refractivity contribution in [2.24, 2.45) is 23.7 Å². The van der Waals surface area contributed by atoms with Crippen molar-refractivity contribution in [2.75, 3.05) is 32.7 Å². The van der Waals surface area contributed by atoms with Gasteiger partial charge in [0.25, 0.3) is 0 Å². The van der Waals surface area contributed by atoms with Gasteiger partial charge in [-0.05, 0) is 55.9 Å². The zero-order valence-electron chi connectivity index (χ0n) is 21.2. The molecule has 1 saturated carbocycles. The first-order valence-electron chi connectivity index (χ1n) is 13.7. The number of nitrogens with zero attached hydrogens (tertiary/aromatic N) is 2. The van der Waals surface area contributed by atoms with E-state index in [9.17, 15) is 0 Å². The molecule has 1 aromatic rings. The van der Waals surface area contributed by atoms with Crippen molar-refractivity contribution < 1.29 is 19.2 Å². The number of hydrogen-bond donors (Lipinski definition) is 0. The van der Waals surface area contributed by atoms with Crippen molar-refractivity contribution in [3.05, 3.63) is 35.9 Å². The molecule has 0 radical (unpaired) electrons. The molecular weight excluding hydrogens is 428 g/mol. The molecule has 34 heavy (non-hydrogen) atoms. The van der Waals surface area contributed by atoms with Gasteiger partial charge in [0.05, 0.1) is 6.10 Å². The third kappa shape index (κ3) is 4.04. The summed E-state index contributed by atoms with van der Waals surface area (Å²) in [5.74, 6) is 1.26. The fourth-order valence-electron chi connectivity index (χ4n) is 7.63. The number of hydrogen-bond acceptors (Lipinski definition) is 6. The average molecular weight is 471 g/mol. The molecule has 6 fully saturated rings. The van der Waals surface area contributed by atoms with Gasteiger partial charge in [-0.15, -0.1) is 0 Å². The average Bonchev–Trinajstić information content (AvgIpc) is 3.08. The van der Waals surface area contributed by atoms with Gasteiger partial charge in [-0.1, -0.05) is 44.2 Å². The smallest absolute Gasteiger partial charge is 0.201 e. The van der Waals surface area contributed by atoms with E-state index in [-0.39, 0.29) is 12.4 Å².